The number of hydrogen-bond donors (Lipinski definition) is 1. The maximum Gasteiger partial charge on any atom is 0.291 e. The lowest BCUT2D eigenvalue weighted by Gasteiger charge is -2.10. The van der Waals surface area contributed by atoms with Gasteiger partial charge in [0.15, 0.2) is 0 Å². The number of rotatable bonds is 3. The highest BCUT2D eigenvalue weighted by molar-refractivity contribution is 6.03. The fourth-order valence-corrected chi connectivity index (χ4v) is 2.06. The summed E-state index contributed by atoms with van der Waals surface area (Å²) in [5.41, 5.74) is 1.61. The summed E-state index contributed by atoms with van der Waals surface area (Å²) in [5, 5.41) is 11.5. The minimum Gasteiger partial charge on any atom is -0.350 e. The number of nitrogens with zero attached hydrogens (tertiary/aromatic N) is 3. The molecule has 1 N–H and O–H groups in total. The minimum absolute atomic E-state index is 0.153. The highest BCUT2D eigenvalue weighted by atomic mass is 16.5. The van der Waals surface area contributed by atoms with Crippen molar-refractivity contribution in [1.82, 2.24) is 20.3 Å². The third-order valence-corrected chi connectivity index (χ3v) is 3.16. The molecule has 3 aromatic rings. The van der Waals surface area contributed by atoms with Crippen LogP contribution in [0.25, 0.3) is 10.9 Å². The SMILES string of the molecule is C[C@H](NC(=O)c1onc2ccccc12)c1cnn(C)c1. The van der Waals surface area contributed by atoms with Crippen LogP contribution in [-0.4, -0.2) is 20.8 Å². The quantitative estimate of drug-likeness (QED) is 0.790. The smallest absolute Gasteiger partial charge is 0.291 e. The first-order valence-corrected chi connectivity index (χ1v) is 6.29. The third kappa shape index (κ3) is 2.16. The van der Waals surface area contributed by atoms with E-state index in [0.29, 0.717) is 10.9 Å². The van der Waals surface area contributed by atoms with E-state index in [1.165, 1.54) is 0 Å². The van der Waals surface area contributed by atoms with Gasteiger partial charge in [0.05, 0.1) is 17.6 Å². The summed E-state index contributed by atoms with van der Waals surface area (Å²) in [6, 6.07) is 7.17. The summed E-state index contributed by atoms with van der Waals surface area (Å²) in [6.07, 6.45) is 3.59. The number of aromatic nitrogens is 3. The molecule has 0 radical (unpaired) electrons. The zero-order chi connectivity index (χ0) is 14.1. The Morgan fingerprint density at radius 1 is 1.40 bits per heavy atom. The van der Waals surface area contributed by atoms with Crippen LogP contribution in [0, 0.1) is 0 Å². The van der Waals surface area contributed by atoms with Crippen LogP contribution in [0.3, 0.4) is 0 Å². The van der Waals surface area contributed by atoms with E-state index in [9.17, 15) is 4.79 Å². The van der Waals surface area contributed by atoms with Gasteiger partial charge in [-0.3, -0.25) is 9.48 Å². The van der Waals surface area contributed by atoms with Gasteiger partial charge in [0.2, 0.25) is 5.76 Å². The van der Waals surface area contributed by atoms with Crippen molar-refractivity contribution in [3.63, 3.8) is 0 Å². The lowest BCUT2D eigenvalue weighted by molar-refractivity contribution is 0.0905. The average Bonchev–Trinajstić information content (AvgIpc) is 3.04. The van der Waals surface area contributed by atoms with E-state index in [1.54, 1.807) is 16.9 Å². The molecule has 0 bridgehead atoms. The third-order valence-electron chi connectivity index (χ3n) is 3.16. The van der Waals surface area contributed by atoms with Crippen molar-refractivity contribution in [2.45, 2.75) is 13.0 Å². The van der Waals surface area contributed by atoms with Crippen LogP contribution in [0.4, 0.5) is 0 Å². The lowest BCUT2D eigenvalue weighted by Crippen LogP contribution is -2.26. The summed E-state index contributed by atoms with van der Waals surface area (Å²) in [7, 11) is 1.84. The van der Waals surface area contributed by atoms with Gasteiger partial charge in [-0.15, -0.1) is 0 Å². The molecule has 2 aromatic heterocycles. The molecule has 6 heteroatoms. The van der Waals surface area contributed by atoms with E-state index < -0.39 is 0 Å². The Balaban J connectivity index is 1.82. The Kier molecular flexibility index (Phi) is 2.98. The van der Waals surface area contributed by atoms with Crippen LogP contribution in [0.1, 0.15) is 29.1 Å². The molecule has 1 aromatic carbocycles. The number of nitrogens with one attached hydrogen (secondary N) is 1. The molecule has 3 rings (SSSR count). The monoisotopic (exact) mass is 270 g/mol. The Hall–Kier alpha value is -2.63. The van der Waals surface area contributed by atoms with Gasteiger partial charge in [0.1, 0.15) is 5.52 Å². The number of hydrogen-bond acceptors (Lipinski definition) is 4. The molecule has 0 saturated heterocycles. The molecule has 0 unspecified atom stereocenters. The van der Waals surface area contributed by atoms with E-state index >= 15 is 0 Å². The van der Waals surface area contributed by atoms with Crippen molar-refractivity contribution in [3.8, 4) is 0 Å². The van der Waals surface area contributed by atoms with Crippen molar-refractivity contribution in [3.05, 3.63) is 48.0 Å². The molecule has 0 aliphatic rings. The van der Waals surface area contributed by atoms with Crippen molar-refractivity contribution in [2.24, 2.45) is 7.05 Å². The van der Waals surface area contributed by atoms with Gasteiger partial charge in [-0.1, -0.05) is 17.3 Å². The van der Waals surface area contributed by atoms with Gasteiger partial charge in [-0.2, -0.15) is 5.10 Å². The molecule has 0 aliphatic heterocycles. The number of fused-ring (bicyclic) bond motifs is 1. The van der Waals surface area contributed by atoms with Crippen molar-refractivity contribution < 1.29 is 9.32 Å². The summed E-state index contributed by atoms with van der Waals surface area (Å²) >= 11 is 0. The van der Waals surface area contributed by atoms with Crippen molar-refractivity contribution in [1.29, 1.82) is 0 Å². The summed E-state index contributed by atoms with van der Waals surface area (Å²) in [5.74, 6) is -0.0496. The van der Waals surface area contributed by atoms with Gasteiger partial charge < -0.3 is 9.84 Å². The van der Waals surface area contributed by atoms with Gasteiger partial charge in [-0.25, -0.2) is 0 Å². The summed E-state index contributed by atoms with van der Waals surface area (Å²) < 4.78 is 6.83. The van der Waals surface area contributed by atoms with Crippen molar-refractivity contribution in [2.75, 3.05) is 0 Å². The summed E-state index contributed by atoms with van der Waals surface area (Å²) in [4.78, 5) is 12.2. The van der Waals surface area contributed by atoms with Gasteiger partial charge in [0, 0.05) is 18.8 Å². The molecule has 1 atom stereocenters. The molecule has 0 spiro atoms. The fourth-order valence-electron chi connectivity index (χ4n) is 2.06. The van der Waals surface area contributed by atoms with Crippen LogP contribution < -0.4 is 5.32 Å². The van der Waals surface area contributed by atoms with E-state index in [4.69, 9.17) is 4.52 Å². The molecule has 20 heavy (non-hydrogen) atoms. The Labute approximate surface area is 115 Å². The number of carbonyl (C=O) groups is 1. The molecule has 0 aliphatic carbocycles. The van der Waals surface area contributed by atoms with Crippen molar-refractivity contribution >= 4 is 16.8 Å². The number of aryl methyl sites for hydroxylation is 1. The zero-order valence-corrected chi connectivity index (χ0v) is 11.2. The highest BCUT2D eigenvalue weighted by Crippen LogP contribution is 2.19. The van der Waals surface area contributed by atoms with E-state index in [2.05, 4.69) is 15.6 Å². The number of amides is 1. The second kappa shape index (κ2) is 4.80. The average molecular weight is 270 g/mol. The fraction of sp³-hybridized carbons (Fsp3) is 0.214. The van der Waals surface area contributed by atoms with Crippen LogP contribution >= 0.6 is 0 Å². The molecular formula is C14H14N4O2. The second-order valence-electron chi connectivity index (χ2n) is 4.67. The van der Waals surface area contributed by atoms with E-state index in [0.717, 1.165) is 5.56 Å². The maximum absolute atomic E-state index is 12.2. The molecule has 0 saturated carbocycles. The number of benzene rings is 1. The first-order valence-electron chi connectivity index (χ1n) is 6.29. The standard InChI is InChI=1S/C14H14N4O2/c1-9(10-7-15-18(2)8-10)16-14(19)13-11-5-3-4-6-12(11)17-20-13/h3-9H,1-2H3,(H,16,19)/t9-/m0/s1. The van der Waals surface area contributed by atoms with E-state index in [-0.39, 0.29) is 17.7 Å². The Morgan fingerprint density at radius 3 is 2.95 bits per heavy atom. The van der Waals surface area contributed by atoms with Crippen LogP contribution in [0.2, 0.25) is 0 Å². The molecular weight excluding hydrogens is 256 g/mol. The maximum atomic E-state index is 12.2. The van der Waals surface area contributed by atoms with Crippen LogP contribution in [0.5, 0.6) is 0 Å². The lowest BCUT2D eigenvalue weighted by atomic mass is 10.1. The normalized spacial score (nSPS) is 12.5. The molecule has 102 valence electrons. The number of carbonyl (C=O) groups excluding carboxylic acids is 1. The van der Waals surface area contributed by atoms with Crippen LogP contribution in [-0.2, 0) is 7.05 Å². The minimum atomic E-state index is -0.282. The largest absolute Gasteiger partial charge is 0.350 e. The predicted molar refractivity (Wildman–Crippen MR) is 73.1 cm³/mol. The topological polar surface area (TPSA) is 73.0 Å². The first kappa shape index (κ1) is 12.4. The van der Waals surface area contributed by atoms with E-state index in [1.807, 2.05) is 38.4 Å². The molecule has 6 nitrogen and oxygen atoms in total. The highest BCUT2D eigenvalue weighted by Gasteiger charge is 2.19. The first-order chi connectivity index (χ1) is 9.65. The Morgan fingerprint density at radius 2 is 2.20 bits per heavy atom. The van der Waals surface area contributed by atoms with Crippen LogP contribution in [0.15, 0.2) is 41.2 Å². The van der Waals surface area contributed by atoms with Gasteiger partial charge in [-0.05, 0) is 19.1 Å². The predicted octanol–water partition coefficient (Wildman–Crippen LogP) is 2.05. The zero-order valence-electron chi connectivity index (χ0n) is 11.2. The Bertz CT molecular complexity index is 759. The summed E-state index contributed by atoms with van der Waals surface area (Å²) in [6.45, 7) is 1.90. The molecule has 0 fully saturated rings. The molecule has 1 amide bonds. The van der Waals surface area contributed by atoms with Gasteiger partial charge in [0.25, 0.3) is 5.91 Å². The second-order valence-corrected chi connectivity index (χ2v) is 4.67. The van der Waals surface area contributed by atoms with Gasteiger partial charge >= 0.3 is 0 Å². The molecule has 2 heterocycles.